The van der Waals surface area contributed by atoms with Crippen molar-refractivity contribution in [1.29, 1.82) is 5.26 Å². The van der Waals surface area contributed by atoms with E-state index in [0.29, 0.717) is 52.4 Å². The van der Waals surface area contributed by atoms with E-state index < -0.39 is 40.5 Å². The molecule has 14 heteroatoms. The molecule has 5 amide bonds. The minimum Gasteiger partial charge on any atom is -0.491 e. The molecule has 2 saturated carbocycles. The van der Waals surface area contributed by atoms with Gasteiger partial charge in [-0.3, -0.25) is 44.1 Å². The average Bonchev–Trinajstić information content (AvgIpc) is 3.69. The number of imide groups is 2. The lowest BCUT2D eigenvalue weighted by Crippen LogP contribution is -2.75. The van der Waals surface area contributed by atoms with Gasteiger partial charge in [-0.25, -0.2) is 0 Å². The first-order valence-corrected chi connectivity index (χ1v) is 19.7. The highest BCUT2D eigenvalue weighted by atomic mass is 35.5. The van der Waals surface area contributed by atoms with Crippen LogP contribution in [0.4, 0.5) is 0 Å². The van der Waals surface area contributed by atoms with Crippen LogP contribution in [0.25, 0.3) is 0 Å². The summed E-state index contributed by atoms with van der Waals surface area (Å²) >= 11 is 6.23. The molecule has 57 heavy (non-hydrogen) atoms. The van der Waals surface area contributed by atoms with E-state index in [1.807, 2.05) is 27.7 Å². The van der Waals surface area contributed by atoms with Crippen LogP contribution in [-0.4, -0.2) is 82.4 Å². The Balaban J connectivity index is 0.881. The minimum absolute atomic E-state index is 0.0315. The molecule has 2 aliphatic carbocycles. The van der Waals surface area contributed by atoms with Gasteiger partial charge in [-0.05, 0) is 79.6 Å². The highest BCUT2D eigenvalue weighted by Gasteiger charge is 2.64. The first-order valence-electron chi connectivity index (χ1n) is 19.3. The number of halogens is 1. The Bertz CT molecular complexity index is 2120. The number of allylic oxidation sites excluding steroid dienone is 1. The smallest absolute Gasteiger partial charge is 0.269 e. The van der Waals surface area contributed by atoms with Crippen molar-refractivity contribution in [3.8, 4) is 11.8 Å². The molecule has 3 aliphatic heterocycles. The van der Waals surface area contributed by atoms with Gasteiger partial charge >= 0.3 is 0 Å². The lowest BCUT2D eigenvalue weighted by atomic mass is 9.49. The van der Waals surface area contributed by atoms with Crippen molar-refractivity contribution in [3.05, 3.63) is 87.7 Å². The number of rotatable bonds is 10. The largest absolute Gasteiger partial charge is 0.491 e. The number of piperidine rings is 1. The van der Waals surface area contributed by atoms with E-state index in [0.717, 1.165) is 41.7 Å². The Labute approximate surface area is 337 Å². The van der Waals surface area contributed by atoms with Gasteiger partial charge in [0, 0.05) is 55.5 Å². The Kier molecular flexibility index (Phi) is 10.6. The molecular weight excluding hydrogens is 748 g/mol. The van der Waals surface area contributed by atoms with Crippen LogP contribution in [0, 0.1) is 22.2 Å². The van der Waals surface area contributed by atoms with Gasteiger partial charge in [0.1, 0.15) is 35.4 Å². The number of carbonyl (C=O) groups excluding carboxylic acids is 5. The number of carbonyl (C=O) groups is 5. The summed E-state index contributed by atoms with van der Waals surface area (Å²) in [5.74, 6) is -1.32. The Morgan fingerprint density at radius 1 is 0.982 bits per heavy atom. The van der Waals surface area contributed by atoms with Crippen LogP contribution in [0.1, 0.15) is 104 Å². The molecule has 1 unspecified atom stereocenters. The molecule has 3 fully saturated rings. The summed E-state index contributed by atoms with van der Waals surface area (Å²) in [5.41, 5.74) is 2.38. The van der Waals surface area contributed by atoms with Gasteiger partial charge in [0.05, 0.1) is 27.8 Å². The summed E-state index contributed by atoms with van der Waals surface area (Å²) < 4.78 is 12.6. The number of hydrogen-bond acceptors (Lipinski definition) is 10. The third-order valence-electron chi connectivity index (χ3n) is 12.3. The maximum atomic E-state index is 13.5. The van der Waals surface area contributed by atoms with Crippen LogP contribution in [0.15, 0.2) is 59.8 Å². The molecule has 5 aliphatic rings. The van der Waals surface area contributed by atoms with E-state index in [9.17, 15) is 29.2 Å². The number of nitriles is 1. The second kappa shape index (κ2) is 15.2. The molecule has 0 radical (unpaired) electrons. The normalized spacial score (nSPS) is 26.6. The highest BCUT2D eigenvalue weighted by Crippen LogP contribution is 2.55. The number of amides is 5. The van der Waals surface area contributed by atoms with Gasteiger partial charge in [-0.15, -0.1) is 0 Å². The molecule has 2 aromatic carbocycles. The van der Waals surface area contributed by atoms with Crippen molar-refractivity contribution in [2.75, 3.05) is 7.05 Å². The zero-order valence-electron chi connectivity index (χ0n) is 32.8. The summed E-state index contributed by atoms with van der Waals surface area (Å²) in [6.45, 7) is 13.6. The van der Waals surface area contributed by atoms with Crippen LogP contribution in [0.3, 0.4) is 0 Å². The monoisotopic (exact) mass is 794 g/mol. The fourth-order valence-electron chi connectivity index (χ4n) is 9.66. The van der Waals surface area contributed by atoms with Crippen LogP contribution in [0.2, 0.25) is 5.02 Å². The predicted octanol–water partition coefficient (Wildman–Crippen LogP) is 5.40. The van der Waals surface area contributed by atoms with Gasteiger partial charge in [0.2, 0.25) is 11.8 Å². The number of nitrogens with zero attached hydrogens (tertiary/aromatic N) is 4. The van der Waals surface area contributed by atoms with Crippen molar-refractivity contribution in [3.63, 3.8) is 0 Å². The summed E-state index contributed by atoms with van der Waals surface area (Å²) in [6, 6.07) is 9.74. The van der Waals surface area contributed by atoms with Gasteiger partial charge in [-0.2, -0.15) is 5.26 Å². The third-order valence-corrected chi connectivity index (χ3v) is 12.6. The van der Waals surface area contributed by atoms with E-state index in [1.54, 1.807) is 49.5 Å². The molecule has 0 bridgehead atoms. The van der Waals surface area contributed by atoms with E-state index in [4.69, 9.17) is 21.1 Å². The van der Waals surface area contributed by atoms with Crippen molar-refractivity contribution in [2.45, 2.75) is 110 Å². The number of hydrogen-bond donors (Lipinski definition) is 2. The molecule has 2 aromatic rings. The number of nitrogens with one attached hydrogen (secondary N) is 2. The van der Waals surface area contributed by atoms with Crippen molar-refractivity contribution < 1.29 is 33.4 Å². The molecule has 0 spiro atoms. The number of aliphatic imine (C=N–C) groups is 1. The first-order chi connectivity index (χ1) is 27.0. The van der Waals surface area contributed by atoms with Crippen molar-refractivity contribution in [2.24, 2.45) is 15.8 Å². The minimum atomic E-state index is -0.983. The van der Waals surface area contributed by atoms with Crippen molar-refractivity contribution >= 4 is 46.8 Å². The van der Waals surface area contributed by atoms with Gasteiger partial charge < -0.3 is 14.8 Å². The zero-order valence-corrected chi connectivity index (χ0v) is 33.6. The molecule has 13 nitrogen and oxygen atoms in total. The quantitative estimate of drug-likeness (QED) is 0.139. The summed E-state index contributed by atoms with van der Waals surface area (Å²) in [4.78, 5) is 71.8. The standard InChI is InChI=1S/C43H47ClN6O7/c1-23(7-14-33(46-6)36(52)48-40-42(2,3)41(43(40,4)5)57-29-11-8-24(20-45)32(44)19-29)56-28-12-9-27(10-13-28)49-21-25-17-30-31(18-26(25)22-49)39(55)50(38(30)54)34-15-16-35(51)47-37(34)53/h7-8,11,14,17-19,27-28,34,40-41H,1,9-10,12-13,15-16,21-22H2,2-6H3,(H,48,52)(H,47,51,53)/b14-7-,46-33?. The maximum Gasteiger partial charge on any atom is 0.269 e. The molecular formula is C43H47ClN6O7. The second-order valence-electron chi connectivity index (χ2n) is 16.8. The van der Waals surface area contributed by atoms with E-state index >= 15 is 0 Å². The maximum absolute atomic E-state index is 13.5. The number of fused-ring (bicyclic) bond motifs is 2. The van der Waals surface area contributed by atoms with Crippen LogP contribution in [-0.2, 0) is 32.2 Å². The number of ether oxygens (including phenoxy) is 2. The van der Waals surface area contributed by atoms with E-state index in [-0.39, 0.29) is 42.7 Å². The second-order valence-corrected chi connectivity index (χ2v) is 17.2. The summed E-state index contributed by atoms with van der Waals surface area (Å²) in [5, 5.41) is 14.9. The average molecular weight is 795 g/mol. The first kappa shape index (κ1) is 39.9. The van der Waals surface area contributed by atoms with Crippen LogP contribution in [0.5, 0.6) is 5.75 Å². The molecule has 298 valence electrons. The number of benzene rings is 2. The molecule has 0 aromatic heterocycles. The van der Waals surface area contributed by atoms with Crippen LogP contribution >= 0.6 is 11.6 Å². The van der Waals surface area contributed by atoms with Gasteiger partial charge in [0.25, 0.3) is 17.7 Å². The fourth-order valence-corrected chi connectivity index (χ4v) is 9.87. The fraction of sp³-hybridized carbons (Fsp3) is 0.465. The van der Waals surface area contributed by atoms with E-state index in [1.165, 1.54) is 0 Å². The Morgan fingerprint density at radius 2 is 1.61 bits per heavy atom. The Hall–Kier alpha value is -5.32. The van der Waals surface area contributed by atoms with Crippen LogP contribution < -0.4 is 15.4 Å². The molecule has 7 rings (SSSR count). The Morgan fingerprint density at radius 3 is 2.18 bits per heavy atom. The molecule has 1 saturated heterocycles. The summed E-state index contributed by atoms with van der Waals surface area (Å²) in [7, 11) is 1.57. The topological polar surface area (TPSA) is 170 Å². The highest BCUT2D eigenvalue weighted by molar-refractivity contribution is 6.43. The summed E-state index contributed by atoms with van der Waals surface area (Å²) in [6.07, 6.45) is 6.66. The van der Waals surface area contributed by atoms with Gasteiger partial charge in [-0.1, -0.05) is 45.9 Å². The van der Waals surface area contributed by atoms with Crippen molar-refractivity contribution in [1.82, 2.24) is 20.4 Å². The van der Waals surface area contributed by atoms with E-state index in [2.05, 4.69) is 33.2 Å². The zero-order chi connectivity index (χ0) is 41.0. The molecule has 3 heterocycles. The molecule has 1 atom stereocenters. The van der Waals surface area contributed by atoms with Gasteiger partial charge in [0.15, 0.2) is 0 Å². The third kappa shape index (κ3) is 7.37. The predicted molar refractivity (Wildman–Crippen MR) is 211 cm³/mol. The lowest BCUT2D eigenvalue weighted by molar-refractivity contribution is -0.171. The molecule has 2 N–H and O–H groups in total. The lowest BCUT2D eigenvalue weighted by Gasteiger charge is -2.63. The SMILES string of the molecule is C=C(/C=C\C(=NC)C(=O)NC1C(C)(C)C(Oc2ccc(C#N)c(Cl)c2)C1(C)C)OC1CCC(N2Cc3cc4c(cc3C2)C(=O)N(C2CCC(=O)NC2=O)C4=O)CC1.